The lowest BCUT2D eigenvalue weighted by atomic mass is 9.92. The summed E-state index contributed by atoms with van der Waals surface area (Å²) >= 11 is 1.22. The van der Waals surface area contributed by atoms with Gasteiger partial charge in [0.25, 0.3) is 11.8 Å². The number of urea groups is 1. The van der Waals surface area contributed by atoms with Crippen molar-refractivity contribution in [2.24, 2.45) is 0 Å². The van der Waals surface area contributed by atoms with Crippen molar-refractivity contribution in [3.05, 3.63) is 52.2 Å². The van der Waals surface area contributed by atoms with Crippen molar-refractivity contribution in [1.29, 1.82) is 0 Å². The predicted molar refractivity (Wildman–Crippen MR) is 87.5 cm³/mol. The molecular formula is C16H15N3O4S. The van der Waals surface area contributed by atoms with E-state index < -0.39 is 23.4 Å². The number of thiophene rings is 1. The minimum atomic E-state index is -1.26. The van der Waals surface area contributed by atoms with Crippen LogP contribution in [0.1, 0.15) is 22.2 Å². The maximum absolute atomic E-state index is 12.7. The number of nitrogens with one attached hydrogen (secondary N) is 2. The first kappa shape index (κ1) is 16.0. The molecule has 2 N–H and O–H groups in total. The molecule has 0 bridgehead atoms. The summed E-state index contributed by atoms with van der Waals surface area (Å²) in [6.45, 7) is 1.59. The molecule has 0 aliphatic carbocycles. The van der Waals surface area contributed by atoms with Crippen LogP contribution in [0.3, 0.4) is 0 Å². The number of hydrogen-bond donors (Lipinski definition) is 2. The molecule has 24 heavy (non-hydrogen) atoms. The van der Waals surface area contributed by atoms with E-state index >= 15 is 0 Å². The number of methoxy groups -OCH3 is 1. The van der Waals surface area contributed by atoms with Gasteiger partial charge in [0.2, 0.25) is 0 Å². The third kappa shape index (κ3) is 2.61. The summed E-state index contributed by atoms with van der Waals surface area (Å²) in [4.78, 5) is 37.4. The fourth-order valence-electron chi connectivity index (χ4n) is 2.43. The van der Waals surface area contributed by atoms with E-state index in [0.717, 1.165) is 0 Å². The van der Waals surface area contributed by atoms with Crippen LogP contribution in [-0.4, -0.2) is 30.0 Å². The zero-order chi connectivity index (χ0) is 17.3. The lowest BCUT2D eigenvalue weighted by Crippen LogP contribution is -2.47. The number of hydrogen-bond acceptors (Lipinski definition) is 5. The Balaban J connectivity index is 1.83. The number of benzene rings is 1. The van der Waals surface area contributed by atoms with Crippen molar-refractivity contribution in [1.82, 2.24) is 15.8 Å². The van der Waals surface area contributed by atoms with E-state index in [2.05, 4.69) is 10.7 Å². The molecule has 4 amide bonds. The van der Waals surface area contributed by atoms with Crippen LogP contribution in [0.2, 0.25) is 0 Å². The van der Waals surface area contributed by atoms with Gasteiger partial charge in [-0.15, -0.1) is 11.3 Å². The minimum Gasteiger partial charge on any atom is -0.497 e. The van der Waals surface area contributed by atoms with Crippen molar-refractivity contribution in [2.45, 2.75) is 12.5 Å². The molecule has 1 aliphatic heterocycles. The van der Waals surface area contributed by atoms with Gasteiger partial charge in [0.05, 0.1) is 12.0 Å². The van der Waals surface area contributed by atoms with Crippen LogP contribution in [0.25, 0.3) is 0 Å². The summed E-state index contributed by atoms with van der Waals surface area (Å²) in [7, 11) is 1.54. The largest absolute Gasteiger partial charge is 0.497 e. The number of amides is 4. The summed E-state index contributed by atoms with van der Waals surface area (Å²) in [5, 5.41) is 5.07. The van der Waals surface area contributed by atoms with Crippen LogP contribution >= 0.6 is 11.3 Å². The van der Waals surface area contributed by atoms with Gasteiger partial charge < -0.3 is 10.1 Å². The van der Waals surface area contributed by atoms with E-state index in [0.29, 0.717) is 21.2 Å². The molecule has 8 heteroatoms. The topological polar surface area (TPSA) is 87.7 Å². The number of imide groups is 1. The molecule has 1 atom stereocenters. The summed E-state index contributed by atoms with van der Waals surface area (Å²) < 4.78 is 5.09. The fourth-order valence-corrected chi connectivity index (χ4v) is 3.04. The lowest BCUT2D eigenvalue weighted by molar-refractivity contribution is -0.132. The number of nitrogens with zero attached hydrogens (tertiary/aromatic N) is 1. The molecule has 0 unspecified atom stereocenters. The Morgan fingerprint density at radius 1 is 1.25 bits per heavy atom. The zero-order valence-corrected chi connectivity index (χ0v) is 13.8. The monoisotopic (exact) mass is 345 g/mol. The van der Waals surface area contributed by atoms with Gasteiger partial charge in [0.1, 0.15) is 11.3 Å². The molecule has 2 heterocycles. The van der Waals surface area contributed by atoms with E-state index in [1.54, 1.807) is 55.8 Å². The summed E-state index contributed by atoms with van der Waals surface area (Å²) in [5.74, 6) is -0.419. The van der Waals surface area contributed by atoms with E-state index in [4.69, 9.17) is 4.74 Å². The number of carbonyl (C=O) groups is 3. The quantitative estimate of drug-likeness (QED) is 0.828. The van der Waals surface area contributed by atoms with Crippen LogP contribution in [0, 0.1) is 0 Å². The average molecular weight is 345 g/mol. The minimum absolute atomic E-state index is 0.411. The molecule has 1 fully saturated rings. The standard InChI is InChI=1S/C16H15N3O4S/c1-16(10-5-7-11(23-2)8-6-10)14(21)19(15(22)17-16)18-13(20)12-4-3-9-24-12/h3-9H,1-2H3,(H,17,22)(H,18,20)/t16-/m1/s1. The normalized spacial score (nSPS) is 20.0. The second-order valence-electron chi connectivity index (χ2n) is 5.34. The number of hydrazine groups is 1. The molecule has 0 saturated carbocycles. The molecule has 1 aromatic heterocycles. The van der Waals surface area contributed by atoms with Crippen LogP contribution in [-0.2, 0) is 10.3 Å². The van der Waals surface area contributed by atoms with Gasteiger partial charge in [0, 0.05) is 0 Å². The summed E-state index contributed by atoms with van der Waals surface area (Å²) in [6.07, 6.45) is 0. The number of rotatable bonds is 4. The molecule has 124 valence electrons. The van der Waals surface area contributed by atoms with Crippen LogP contribution in [0.15, 0.2) is 41.8 Å². The smallest absolute Gasteiger partial charge is 0.344 e. The van der Waals surface area contributed by atoms with Gasteiger partial charge in [-0.25, -0.2) is 4.79 Å². The molecule has 0 spiro atoms. The number of ether oxygens (including phenoxy) is 1. The second kappa shape index (κ2) is 5.97. The molecular weight excluding hydrogens is 330 g/mol. The Labute approximate surface area is 142 Å². The van der Waals surface area contributed by atoms with E-state index in [1.807, 2.05) is 0 Å². The van der Waals surface area contributed by atoms with Crippen molar-refractivity contribution >= 4 is 29.2 Å². The Bertz CT molecular complexity index is 788. The average Bonchev–Trinajstić information content (AvgIpc) is 3.19. The Morgan fingerprint density at radius 2 is 1.96 bits per heavy atom. The predicted octanol–water partition coefficient (Wildman–Crippen LogP) is 1.87. The first-order chi connectivity index (χ1) is 11.5. The SMILES string of the molecule is COc1ccc([C@@]2(C)NC(=O)N(NC(=O)c3cccs3)C2=O)cc1. The molecule has 2 aromatic rings. The van der Waals surface area contributed by atoms with Crippen molar-refractivity contribution in [3.8, 4) is 5.75 Å². The van der Waals surface area contributed by atoms with Gasteiger partial charge in [-0.2, -0.15) is 5.01 Å². The van der Waals surface area contributed by atoms with Gasteiger partial charge >= 0.3 is 6.03 Å². The third-order valence-corrected chi connectivity index (χ3v) is 4.69. The van der Waals surface area contributed by atoms with Crippen molar-refractivity contribution in [2.75, 3.05) is 7.11 Å². The van der Waals surface area contributed by atoms with Crippen LogP contribution in [0.5, 0.6) is 5.75 Å². The van der Waals surface area contributed by atoms with Crippen LogP contribution < -0.4 is 15.5 Å². The maximum Gasteiger partial charge on any atom is 0.344 e. The van der Waals surface area contributed by atoms with E-state index in [1.165, 1.54) is 11.3 Å². The first-order valence-electron chi connectivity index (χ1n) is 7.11. The number of carbonyl (C=O) groups excluding carboxylic acids is 3. The first-order valence-corrected chi connectivity index (χ1v) is 7.99. The summed E-state index contributed by atoms with van der Waals surface area (Å²) in [6, 6.07) is 9.44. The highest BCUT2D eigenvalue weighted by atomic mass is 32.1. The molecule has 1 saturated heterocycles. The third-order valence-electron chi connectivity index (χ3n) is 3.82. The van der Waals surface area contributed by atoms with Crippen molar-refractivity contribution < 1.29 is 19.1 Å². The Morgan fingerprint density at radius 3 is 2.54 bits per heavy atom. The molecule has 1 aromatic carbocycles. The fraction of sp³-hybridized carbons (Fsp3) is 0.188. The van der Waals surface area contributed by atoms with Gasteiger partial charge in [0.15, 0.2) is 0 Å². The van der Waals surface area contributed by atoms with E-state index in [-0.39, 0.29) is 0 Å². The lowest BCUT2D eigenvalue weighted by Gasteiger charge is -2.22. The van der Waals surface area contributed by atoms with Crippen molar-refractivity contribution in [3.63, 3.8) is 0 Å². The second-order valence-corrected chi connectivity index (χ2v) is 6.29. The maximum atomic E-state index is 12.7. The highest BCUT2D eigenvalue weighted by Gasteiger charge is 2.50. The zero-order valence-electron chi connectivity index (χ0n) is 13.0. The van der Waals surface area contributed by atoms with Gasteiger partial charge in [-0.3, -0.25) is 15.0 Å². The van der Waals surface area contributed by atoms with Gasteiger partial charge in [-0.1, -0.05) is 18.2 Å². The molecule has 0 radical (unpaired) electrons. The summed E-state index contributed by atoms with van der Waals surface area (Å²) in [5.41, 5.74) is 1.68. The molecule has 7 nitrogen and oxygen atoms in total. The Hall–Kier alpha value is -2.87. The van der Waals surface area contributed by atoms with E-state index in [9.17, 15) is 14.4 Å². The Kier molecular flexibility index (Phi) is 3.98. The van der Waals surface area contributed by atoms with Gasteiger partial charge in [-0.05, 0) is 36.1 Å². The highest BCUT2D eigenvalue weighted by Crippen LogP contribution is 2.29. The molecule has 1 aliphatic rings. The van der Waals surface area contributed by atoms with Crippen LogP contribution in [0.4, 0.5) is 4.79 Å². The highest BCUT2D eigenvalue weighted by molar-refractivity contribution is 7.12. The molecule has 3 rings (SSSR count).